The Morgan fingerprint density at radius 1 is 0.800 bits per heavy atom. The van der Waals surface area contributed by atoms with Crippen molar-refractivity contribution in [3.8, 4) is 0 Å². The third kappa shape index (κ3) is 10.5. The number of hydrogen-bond acceptors (Lipinski definition) is 8. The molecule has 10 nitrogen and oxygen atoms in total. The van der Waals surface area contributed by atoms with Crippen LogP contribution in [-0.2, 0) is 43.9 Å². The van der Waals surface area contributed by atoms with Gasteiger partial charge in [-0.15, -0.1) is 0 Å². The molecule has 3 aliphatic rings. The van der Waals surface area contributed by atoms with Crippen molar-refractivity contribution in [2.45, 2.75) is 94.1 Å². The van der Waals surface area contributed by atoms with E-state index in [9.17, 15) is 18.3 Å². The highest BCUT2D eigenvalue weighted by Gasteiger charge is 2.36. The summed E-state index contributed by atoms with van der Waals surface area (Å²) in [6, 6.07) is 31.3. The molecule has 1 amide bonds. The number of hydrogen-bond donors (Lipinski definition) is 3. The number of benzene rings is 4. The van der Waals surface area contributed by atoms with Crippen molar-refractivity contribution >= 4 is 15.9 Å². The molecule has 3 fully saturated rings. The van der Waals surface area contributed by atoms with Crippen LogP contribution in [0.1, 0.15) is 77.9 Å². The highest BCUT2D eigenvalue weighted by atomic mass is 32.2. The zero-order valence-corrected chi connectivity index (χ0v) is 32.5. The lowest BCUT2D eigenvalue weighted by atomic mass is 9.99. The van der Waals surface area contributed by atoms with Gasteiger partial charge in [0.15, 0.2) is 6.29 Å². The predicted octanol–water partition coefficient (Wildman–Crippen LogP) is 5.80. The molecule has 0 bridgehead atoms. The van der Waals surface area contributed by atoms with Crippen molar-refractivity contribution in [1.29, 1.82) is 0 Å². The lowest BCUT2D eigenvalue weighted by Gasteiger charge is -2.39. The summed E-state index contributed by atoms with van der Waals surface area (Å²) in [5.74, 6) is -0.412. The van der Waals surface area contributed by atoms with Crippen LogP contribution in [0.25, 0.3) is 0 Å². The number of sulfonamides is 1. The van der Waals surface area contributed by atoms with Gasteiger partial charge in [-0.25, -0.2) is 8.42 Å². The number of nitrogens with one attached hydrogen (secondary N) is 2. The third-order valence-corrected chi connectivity index (χ3v) is 12.7. The van der Waals surface area contributed by atoms with Crippen LogP contribution in [0.5, 0.6) is 0 Å². The minimum Gasteiger partial charge on any atom is -0.392 e. The van der Waals surface area contributed by atoms with Crippen molar-refractivity contribution in [2.24, 2.45) is 0 Å². The Morgan fingerprint density at radius 2 is 1.49 bits per heavy atom. The van der Waals surface area contributed by atoms with Crippen molar-refractivity contribution in [3.05, 3.63) is 137 Å². The second kappa shape index (κ2) is 18.3. The molecule has 3 aliphatic heterocycles. The summed E-state index contributed by atoms with van der Waals surface area (Å²) in [5, 5.41) is 12.6. The zero-order valence-electron chi connectivity index (χ0n) is 31.7. The monoisotopic (exact) mass is 766 g/mol. The molecule has 0 aromatic heterocycles. The van der Waals surface area contributed by atoms with E-state index in [1.807, 2.05) is 85.8 Å². The molecule has 0 aliphatic carbocycles. The quantitative estimate of drug-likeness (QED) is 0.139. The van der Waals surface area contributed by atoms with E-state index >= 15 is 0 Å². The van der Waals surface area contributed by atoms with E-state index in [2.05, 4.69) is 19.8 Å². The summed E-state index contributed by atoms with van der Waals surface area (Å²) in [6.07, 6.45) is 5.20. The van der Waals surface area contributed by atoms with E-state index in [1.54, 1.807) is 24.3 Å². The number of nitrogens with zero attached hydrogens (tertiary/aromatic N) is 2. The van der Waals surface area contributed by atoms with Gasteiger partial charge >= 0.3 is 0 Å². The van der Waals surface area contributed by atoms with Gasteiger partial charge in [0, 0.05) is 37.7 Å². The summed E-state index contributed by atoms with van der Waals surface area (Å²) in [5.41, 5.74) is 5.47. The van der Waals surface area contributed by atoms with Crippen LogP contribution in [0.2, 0.25) is 0 Å². The second-order valence-electron chi connectivity index (χ2n) is 15.3. The zero-order chi connectivity index (χ0) is 38.2. The first-order valence-electron chi connectivity index (χ1n) is 19.7. The van der Waals surface area contributed by atoms with Crippen LogP contribution < -0.4 is 10.0 Å². The van der Waals surface area contributed by atoms with Crippen LogP contribution in [0.4, 0.5) is 0 Å². The molecule has 3 N–H and O–H groups in total. The number of aryl methyl sites for hydroxylation is 1. The van der Waals surface area contributed by atoms with Gasteiger partial charge in [-0.05, 0) is 93.0 Å². The number of carbonyl (C=O) groups is 1. The molecule has 5 atom stereocenters. The van der Waals surface area contributed by atoms with Gasteiger partial charge in [0.05, 0.1) is 23.7 Å². The maximum atomic E-state index is 13.6. The maximum absolute atomic E-state index is 13.6. The van der Waals surface area contributed by atoms with Gasteiger partial charge in [-0.3, -0.25) is 9.69 Å². The molecular weight excluding hydrogens is 713 g/mol. The van der Waals surface area contributed by atoms with E-state index in [-0.39, 0.29) is 36.7 Å². The number of ether oxygens (including phenoxy) is 2. The number of aliphatic hydroxyl groups excluding tert-OH is 1. The Bertz CT molecular complexity index is 1940. The van der Waals surface area contributed by atoms with E-state index in [1.165, 1.54) is 38.8 Å². The largest absolute Gasteiger partial charge is 0.392 e. The molecule has 4 aromatic rings. The number of amides is 1. The average molecular weight is 767 g/mol. The van der Waals surface area contributed by atoms with Gasteiger partial charge in [0.2, 0.25) is 15.9 Å². The third-order valence-electron chi connectivity index (χ3n) is 11.2. The fourth-order valence-electron chi connectivity index (χ4n) is 8.02. The molecule has 3 heterocycles. The molecule has 11 heteroatoms. The fraction of sp³-hybridized carbons (Fsp3) is 0.432. The van der Waals surface area contributed by atoms with E-state index < -0.39 is 28.3 Å². The van der Waals surface area contributed by atoms with Crippen LogP contribution in [-0.4, -0.2) is 80.1 Å². The topological polar surface area (TPSA) is 120 Å². The standard InChI is InChI=1S/C44H54N4O6S/c1-32-11-21-40(22-12-32)55(51,52)46-41(26-33-8-3-2-4-9-33)43(50)45-28-34-13-19-37(20-14-34)44-53-39(27-42(54-44)36-17-15-35(31-49)16-18-36)30-48-25-7-10-38(48)29-47-23-5-6-24-47/h2-4,8-9,11-22,38-39,41-42,44,46,49H,5-7,10,23-31H2,1H3,(H,45,50)/t38-,39-,41+,42+,44+/m0/s1. The Balaban J connectivity index is 1.02. The number of aliphatic hydroxyl groups is 1. The molecular formula is C44H54N4O6S. The first kappa shape index (κ1) is 39.3. The molecule has 3 saturated heterocycles. The Kier molecular flexibility index (Phi) is 13.1. The first-order valence-corrected chi connectivity index (χ1v) is 21.2. The van der Waals surface area contributed by atoms with Crippen LogP contribution in [0.15, 0.2) is 108 Å². The molecule has 55 heavy (non-hydrogen) atoms. The fourth-order valence-corrected chi connectivity index (χ4v) is 9.21. The van der Waals surface area contributed by atoms with E-state index in [0.29, 0.717) is 6.04 Å². The summed E-state index contributed by atoms with van der Waals surface area (Å²) < 4.78 is 42.6. The smallest absolute Gasteiger partial charge is 0.241 e. The highest BCUT2D eigenvalue weighted by molar-refractivity contribution is 7.89. The van der Waals surface area contributed by atoms with Crippen molar-refractivity contribution < 1.29 is 27.8 Å². The number of likely N-dealkylation sites (tertiary alicyclic amines) is 2. The van der Waals surface area contributed by atoms with Crippen LogP contribution >= 0.6 is 0 Å². The van der Waals surface area contributed by atoms with Gasteiger partial charge in [-0.2, -0.15) is 4.72 Å². The highest BCUT2D eigenvalue weighted by Crippen LogP contribution is 2.39. The molecule has 0 unspecified atom stereocenters. The Morgan fingerprint density at radius 3 is 2.20 bits per heavy atom. The molecule has 292 valence electrons. The normalized spacial score (nSPS) is 22.8. The number of rotatable bonds is 15. The maximum Gasteiger partial charge on any atom is 0.241 e. The average Bonchev–Trinajstić information content (AvgIpc) is 3.89. The van der Waals surface area contributed by atoms with Gasteiger partial charge in [-0.1, -0.05) is 96.6 Å². The summed E-state index contributed by atoms with van der Waals surface area (Å²) in [6.45, 7) is 7.58. The van der Waals surface area contributed by atoms with Gasteiger partial charge in [0.1, 0.15) is 6.04 Å². The molecule has 7 rings (SSSR count). The summed E-state index contributed by atoms with van der Waals surface area (Å²) in [4.78, 5) is 19.0. The van der Waals surface area contributed by atoms with Crippen LogP contribution in [0, 0.1) is 6.92 Å². The van der Waals surface area contributed by atoms with E-state index in [4.69, 9.17) is 9.47 Å². The minimum absolute atomic E-state index is 0.00292. The predicted molar refractivity (Wildman–Crippen MR) is 212 cm³/mol. The lowest BCUT2D eigenvalue weighted by molar-refractivity contribution is -0.253. The second-order valence-corrected chi connectivity index (χ2v) is 17.0. The summed E-state index contributed by atoms with van der Waals surface area (Å²) >= 11 is 0. The van der Waals surface area contributed by atoms with Crippen molar-refractivity contribution in [1.82, 2.24) is 19.8 Å². The SMILES string of the molecule is Cc1ccc(S(=O)(=O)N[C@H](Cc2ccccc2)C(=O)NCc2ccc([C@@H]3O[C@H](CN4CCC[C@H]4CN4CCCC4)C[C@H](c4ccc(CO)cc4)O3)cc2)cc1. The first-order chi connectivity index (χ1) is 26.7. The lowest BCUT2D eigenvalue weighted by Crippen LogP contribution is -2.47. The molecule has 4 aromatic carbocycles. The van der Waals surface area contributed by atoms with Crippen LogP contribution in [0.3, 0.4) is 0 Å². The van der Waals surface area contributed by atoms with E-state index in [0.717, 1.165) is 59.4 Å². The Labute approximate surface area is 325 Å². The Hall–Kier alpha value is -3.94. The minimum atomic E-state index is -3.95. The summed E-state index contributed by atoms with van der Waals surface area (Å²) in [7, 11) is -3.95. The van der Waals surface area contributed by atoms with Crippen molar-refractivity contribution in [2.75, 3.05) is 32.7 Å². The molecule has 0 spiro atoms. The number of carbonyl (C=O) groups excluding carboxylic acids is 1. The molecule has 0 saturated carbocycles. The van der Waals surface area contributed by atoms with Gasteiger partial charge in [0.25, 0.3) is 0 Å². The van der Waals surface area contributed by atoms with Crippen molar-refractivity contribution in [3.63, 3.8) is 0 Å². The van der Waals surface area contributed by atoms with Gasteiger partial charge < -0.3 is 24.8 Å². The molecule has 0 radical (unpaired) electrons.